The molecular weight excluding hydrogens is 216 g/mol. The summed E-state index contributed by atoms with van der Waals surface area (Å²) >= 11 is 0. The smallest absolute Gasteiger partial charge is 0.410 e. The Morgan fingerprint density at radius 1 is 1.53 bits per heavy atom. The number of ether oxygens (including phenoxy) is 1. The average molecular weight is 242 g/mol. The second kappa shape index (κ2) is 5.25. The van der Waals surface area contributed by atoms with Gasteiger partial charge in [-0.3, -0.25) is 0 Å². The molecule has 0 spiro atoms. The zero-order valence-corrected chi connectivity index (χ0v) is 11.7. The minimum Gasteiger partial charge on any atom is -0.444 e. The largest absolute Gasteiger partial charge is 0.444 e. The predicted octanol–water partition coefficient (Wildman–Crippen LogP) is 2.37. The number of nitrogens with two attached hydrogens (primary N) is 1. The normalized spacial score (nSPS) is 27.1. The quantitative estimate of drug-likeness (QED) is 0.808. The van der Waals surface area contributed by atoms with Crippen molar-refractivity contribution in [2.45, 2.75) is 65.1 Å². The van der Waals surface area contributed by atoms with E-state index < -0.39 is 5.60 Å². The van der Waals surface area contributed by atoms with Crippen molar-refractivity contribution in [2.75, 3.05) is 6.54 Å². The minimum atomic E-state index is -0.441. The van der Waals surface area contributed by atoms with E-state index in [1.807, 2.05) is 25.7 Å². The third-order valence-electron chi connectivity index (χ3n) is 3.36. The van der Waals surface area contributed by atoms with E-state index in [2.05, 4.69) is 13.8 Å². The van der Waals surface area contributed by atoms with Gasteiger partial charge in [0.15, 0.2) is 0 Å². The van der Waals surface area contributed by atoms with Crippen LogP contribution < -0.4 is 5.73 Å². The number of amides is 1. The summed E-state index contributed by atoms with van der Waals surface area (Å²) in [6.45, 7) is 10.7. The van der Waals surface area contributed by atoms with Crippen LogP contribution in [0.25, 0.3) is 0 Å². The summed E-state index contributed by atoms with van der Waals surface area (Å²) in [4.78, 5) is 13.9. The molecule has 1 aliphatic heterocycles. The Balaban J connectivity index is 2.72. The standard InChI is InChI=1S/C13H26N2O2/c1-6-9(2)11-10(14)7-8-15(11)12(16)17-13(3,4)5/h9-11H,6-8,14H2,1-5H3/t9-,10?,11-/m0/s1. The van der Waals surface area contributed by atoms with Crippen LogP contribution in [0, 0.1) is 5.92 Å². The molecule has 1 rings (SSSR count). The number of rotatable bonds is 2. The van der Waals surface area contributed by atoms with Crippen LogP contribution in [0.5, 0.6) is 0 Å². The number of hydrogen-bond donors (Lipinski definition) is 1. The highest BCUT2D eigenvalue weighted by Gasteiger charge is 2.39. The third kappa shape index (κ3) is 3.60. The lowest BCUT2D eigenvalue weighted by atomic mass is 9.94. The zero-order chi connectivity index (χ0) is 13.2. The second-order valence-corrected chi connectivity index (χ2v) is 6.00. The van der Waals surface area contributed by atoms with Crippen LogP contribution in [0.4, 0.5) is 4.79 Å². The molecule has 4 nitrogen and oxygen atoms in total. The Morgan fingerprint density at radius 3 is 2.59 bits per heavy atom. The predicted molar refractivity (Wildman–Crippen MR) is 68.8 cm³/mol. The molecule has 1 saturated heterocycles. The van der Waals surface area contributed by atoms with Crippen LogP contribution >= 0.6 is 0 Å². The van der Waals surface area contributed by atoms with Crippen molar-refractivity contribution in [1.29, 1.82) is 0 Å². The van der Waals surface area contributed by atoms with Gasteiger partial charge in [0.2, 0.25) is 0 Å². The Hall–Kier alpha value is -0.770. The molecule has 0 aliphatic carbocycles. The van der Waals surface area contributed by atoms with E-state index in [0.29, 0.717) is 12.5 Å². The van der Waals surface area contributed by atoms with Crippen LogP contribution in [0.15, 0.2) is 0 Å². The van der Waals surface area contributed by atoms with Crippen LogP contribution in [0.3, 0.4) is 0 Å². The second-order valence-electron chi connectivity index (χ2n) is 6.00. The molecule has 0 saturated carbocycles. The fourth-order valence-corrected chi connectivity index (χ4v) is 2.34. The fourth-order valence-electron chi connectivity index (χ4n) is 2.34. The van der Waals surface area contributed by atoms with Crippen molar-refractivity contribution in [3.05, 3.63) is 0 Å². The van der Waals surface area contributed by atoms with Gasteiger partial charge in [0.25, 0.3) is 0 Å². The highest BCUT2D eigenvalue weighted by Crippen LogP contribution is 2.26. The van der Waals surface area contributed by atoms with E-state index in [1.54, 1.807) is 0 Å². The van der Waals surface area contributed by atoms with Crippen LogP contribution in [0.2, 0.25) is 0 Å². The number of nitrogens with zero attached hydrogens (tertiary/aromatic N) is 1. The lowest BCUT2D eigenvalue weighted by molar-refractivity contribution is 0.0173. The lowest BCUT2D eigenvalue weighted by Crippen LogP contribution is -2.48. The first-order valence-electron chi connectivity index (χ1n) is 6.51. The molecule has 1 fully saturated rings. The number of carbonyl (C=O) groups is 1. The Morgan fingerprint density at radius 2 is 2.12 bits per heavy atom. The van der Waals surface area contributed by atoms with Gasteiger partial charge in [-0.1, -0.05) is 20.3 Å². The van der Waals surface area contributed by atoms with Crippen molar-refractivity contribution in [3.63, 3.8) is 0 Å². The molecule has 4 heteroatoms. The summed E-state index contributed by atoms with van der Waals surface area (Å²) in [6.07, 6.45) is 1.67. The zero-order valence-electron chi connectivity index (χ0n) is 11.7. The fraction of sp³-hybridized carbons (Fsp3) is 0.923. The summed E-state index contributed by atoms with van der Waals surface area (Å²) in [5.74, 6) is 0.417. The SMILES string of the molecule is CC[C@H](C)[C@H]1C(N)CCN1C(=O)OC(C)(C)C. The Kier molecular flexibility index (Phi) is 4.42. The van der Waals surface area contributed by atoms with Crippen molar-refractivity contribution in [2.24, 2.45) is 11.7 Å². The van der Waals surface area contributed by atoms with Crippen molar-refractivity contribution in [3.8, 4) is 0 Å². The molecule has 0 radical (unpaired) electrons. The van der Waals surface area contributed by atoms with Gasteiger partial charge in [-0.15, -0.1) is 0 Å². The maximum Gasteiger partial charge on any atom is 0.410 e. The first kappa shape index (κ1) is 14.3. The van der Waals surface area contributed by atoms with E-state index in [4.69, 9.17) is 10.5 Å². The number of hydrogen-bond acceptors (Lipinski definition) is 3. The maximum absolute atomic E-state index is 12.1. The topological polar surface area (TPSA) is 55.6 Å². The maximum atomic E-state index is 12.1. The molecule has 1 aliphatic rings. The van der Waals surface area contributed by atoms with Crippen molar-refractivity contribution in [1.82, 2.24) is 4.90 Å². The molecule has 3 atom stereocenters. The summed E-state index contributed by atoms with van der Waals surface area (Å²) in [6, 6.07) is 0.201. The van der Waals surface area contributed by atoms with Gasteiger partial charge in [-0.2, -0.15) is 0 Å². The Bertz CT molecular complexity index is 273. The highest BCUT2D eigenvalue weighted by molar-refractivity contribution is 5.69. The highest BCUT2D eigenvalue weighted by atomic mass is 16.6. The van der Waals surface area contributed by atoms with Crippen molar-refractivity contribution < 1.29 is 9.53 Å². The summed E-state index contributed by atoms with van der Waals surface area (Å²) in [5.41, 5.74) is 5.66. The van der Waals surface area contributed by atoms with Gasteiger partial charge in [0, 0.05) is 12.6 Å². The van der Waals surface area contributed by atoms with E-state index in [1.165, 1.54) is 0 Å². The van der Waals surface area contributed by atoms with Crippen LogP contribution in [0.1, 0.15) is 47.5 Å². The minimum absolute atomic E-state index is 0.0810. The monoisotopic (exact) mass is 242 g/mol. The van der Waals surface area contributed by atoms with Gasteiger partial charge in [-0.25, -0.2) is 4.79 Å². The Labute approximate surface area is 104 Å². The first-order valence-corrected chi connectivity index (χ1v) is 6.51. The molecule has 0 aromatic heterocycles. The van der Waals surface area contributed by atoms with Gasteiger partial charge in [0.1, 0.15) is 5.60 Å². The molecule has 2 N–H and O–H groups in total. The number of carbonyl (C=O) groups excluding carboxylic acids is 1. The molecule has 0 bridgehead atoms. The summed E-state index contributed by atoms with van der Waals surface area (Å²) in [7, 11) is 0. The molecule has 1 unspecified atom stereocenters. The molecule has 100 valence electrons. The molecule has 1 heterocycles. The molecule has 0 aromatic carbocycles. The molecule has 17 heavy (non-hydrogen) atoms. The van der Waals surface area contributed by atoms with E-state index >= 15 is 0 Å². The molecular formula is C13H26N2O2. The van der Waals surface area contributed by atoms with E-state index in [-0.39, 0.29) is 18.2 Å². The molecule has 0 aromatic rings. The van der Waals surface area contributed by atoms with Crippen molar-refractivity contribution >= 4 is 6.09 Å². The van der Waals surface area contributed by atoms with E-state index in [0.717, 1.165) is 12.8 Å². The van der Waals surface area contributed by atoms with Gasteiger partial charge >= 0.3 is 6.09 Å². The average Bonchev–Trinajstić information content (AvgIpc) is 2.56. The summed E-state index contributed by atoms with van der Waals surface area (Å²) in [5, 5.41) is 0. The lowest BCUT2D eigenvalue weighted by Gasteiger charge is -2.33. The van der Waals surface area contributed by atoms with Gasteiger partial charge in [-0.05, 0) is 33.1 Å². The third-order valence-corrected chi connectivity index (χ3v) is 3.36. The summed E-state index contributed by atoms with van der Waals surface area (Å²) < 4.78 is 5.43. The van der Waals surface area contributed by atoms with E-state index in [9.17, 15) is 4.79 Å². The van der Waals surface area contributed by atoms with Gasteiger partial charge < -0.3 is 15.4 Å². The van der Waals surface area contributed by atoms with Crippen LogP contribution in [-0.2, 0) is 4.74 Å². The number of likely N-dealkylation sites (tertiary alicyclic amines) is 1. The van der Waals surface area contributed by atoms with Crippen LogP contribution in [-0.4, -0.2) is 35.2 Å². The van der Waals surface area contributed by atoms with Gasteiger partial charge in [0.05, 0.1) is 6.04 Å². The molecule has 1 amide bonds. The first-order chi connectivity index (χ1) is 7.76.